The summed E-state index contributed by atoms with van der Waals surface area (Å²) in [5.41, 5.74) is 2.28. The third-order valence-electron chi connectivity index (χ3n) is 5.13. The Kier molecular flexibility index (Phi) is 8.83. The van der Waals surface area contributed by atoms with Crippen molar-refractivity contribution in [3.63, 3.8) is 0 Å². The Morgan fingerprint density at radius 3 is 2.52 bits per heavy atom. The summed E-state index contributed by atoms with van der Waals surface area (Å²) in [5.74, 6) is 0.00505. The molecule has 0 spiro atoms. The monoisotopic (exact) mass is 454 g/mol. The van der Waals surface area contributed by atoms with E-state index in [0.717, 1.165) is 23.4 Å². The zero-order chi connectivity index (χ0) is 23.6. The minimum absolute atomic E-state index is 0.0948. The Bertz CT molecular complexity index is 1040. The topological polar surface area (TPSA) is 68.6 Å². The summed E-state index contributed by atoms with van der Waals surface area (Å²) in [7, 11) is 1.60. The lowest BCUT2D eigenvalue weighted by molar-refractivity contribution is 0.146. The van der Waals surface area contributed by atoms with Gasteiger partial charge in [0.05, 0.1) is 30.1 Å². The molecular weight excluding hydrogens is 423 g/mol. The summed E-state index contributed by atoms with van der Waals surface area (Å²) in [5, 5.41) is 7.68. The normalized spacial score (nSPS) is 10.8. The molecule has 2 amide bonds. The maximum absolute atomic E-state index is 14.5. The van der Waals surface area contributed by atoms with Crippen molar-refractivity contribution in [3.8, 4) is 17.3 Å². The first kappa shape index (κ1) is 24.3. The summed E-state index contributed by atoms with van der Waals surface area (Å²) in [6, 6.07) is 15.6. The summed E-state index contributed by atoms with van der Waals surface area (Å²) in [6.45, 7) is 5.59. The molecule has 0 bridgehead atoms. The van der Waals surface area contributed by atoms with Crippen molar-refractivity contribution in [1.82, 2.24) is 20.0 Å². The highest BCUT2D eigenvalue weighted by Gasteiger charge is 2.25. The van der Waals surface area contributed by atoms with Gasteiger partial charge in [0.1, 0.15) is 0 Å². The number of methoxy groups -OCH3 is 1. The summed E-state index contributed by atoms with van der Waals surface area (Å²) in [4.78, 5) is 14.5. The van der Waals surface area contributed by atoms with Crippen LogP contribution in [0.15, 0.2) is 54.6 Å². The molecule has 1 aromatic heterocycles. The zero-order valence-electron chi connectivity index (χ0n) is 19.4. The predicted octanol–water partition coefficient (Wildman–Crippen LogP) is 4.93. The van der Waals surface area contributed by atoms with Crippen molar-refractivity contribution in [3.05, 3.63) is 71.7 Å². The SMILES string of the molecule is CCCNC(=O)N(CCOC)Cc1c(CC)nn(-c2ccccc2)c1Oc1ccccc1F. The highest BCUT2D eigenvalue weighted by molar-refractivity contribution is 5.74. The van der Waals surface area contributed by atoms with Gasteiger partial charge in [-0.05, 0) is 37.1 Å². The van der Waals surface area contributed by atoms with Gasteiger partial charge in [0, 0.05) is 20.2 Å². The molecule has 0 fully saturated rings. The van der Waals surface area contributed by atoms with Gasteiger partial charge in [-0.2, -0.15) is 5.10 Å². The fraction of sp³-hybridized carbons (Fsp3) is 0.360. The number of hydrogen-bond acceptors (Lipinski definition) is 4. The van der Waals surface area contributed by atoms with E-state index in [2.05, 4.69) is 5.32 Å². The number of hydrogen-bond donors (Lipinski definition) is 1. The number of amides is 2. The predicted molar refractivity (Wildman–Crippen MR) is 125 cm³/mol. The highest BCUT2D eigenvalue weighted by atomic mass is 19.1. The smallest absolute Gasteiger partial charge is 0.317 e. The lowest BCUT2D eigenvalue weighted by Gasteiger charge is -2.23. The van der Waals surface area contributed by atoms with Gasteiger partial charge in [-0.25, -0.2) is 13.9 Å². The number of para-hydroxylation sites is 2. The molecule has 0 aliphatic heterocycles. The quantitative estimate of drug-likeness (QED) is 0.446. The van der Waals surface area contributed by atoms with Crippen LogP contribution in [0, 0.1) is 5.82 Å². The molecule has 8 heteroatoms. The standard InChI is InChI=1S/C25H31FN4O3/c1-4-15-27-25(31)29(16-17-32-3)18-20-22(5-2)28-30(19-11-7-6-8-12-19)24(20)33-23-14-10-9-13-21(23)26/h6-14H,4-5,15-18H2,1-3H3,(H,27,31). The molecule has 3 rings (SSSR count). The first-order valence-electron chi connectivity index (χ1n) is 11.2. The molecule has 0 radical (unpaired) electrons. The molecule has 7 nitrogen and oxygen atoms in total. The van der Waals surface area contributed by atoms with Crippen LogP contribution in [0.4, 0.5) is 9.18 Å². The van der Waals surface area contributed by atoms with E-state index < -0.39 is 5.82 Å². The van der Waals surface area contributed by atoms with Gasteiger partial charge in [-0.15, -0.1) is 0 Å². The van der Waals surface area contributed by atoms with Crippen molar-refractivity contribution in [1.29, 1.82) is 0 Å². The second-order valence-corrected chi connectivity index (χ2v) is 7.51. The molecule has 176 valence electrons. The van der Waals surface area contributed by atoms with Crippen LogP contribution in [0.3, 0.4) is 0 Å². The Morgan fingerprint density at radius 2 is 1.85 bits per heavy atom. The number of nitrogens with one attached hydrogen (secondary N) is 1. The van der Waals surface area contributed by atoms with Gasteiger partial charge in [-0.3, -0.25) is 0 Å². The molecule has 33 heavy (non-hydrogen) atoms. The Balaban J connectivity index is 2.07. The van der Waals surface area contributed by atoms with Gasteiger partial charge in [-0.1, -0.05) is 44.2 Å². The average Bonchev–Trinajstić information content (AvgIpc) is 3.19. The molecule has 0 saturated heterocycles. The minimum Gasteiger partial charge on any atom is -0.435 e. The van der Waals surface area contributed by atoms with Crippen LogP contribution in [0.25, 0.3) is 5.69 Å². The van der Waals surface area contributed by atoms with Crippen LogP contribution in [-0.2, 0) is 17.7 Å². The fourth-order valence-corrected chi connectivity index (χ4v) is 3.39. The first-order chi connectivity index (χ1) is 16.1. The van der Waals surface area contributed by atoms with E-state index in [0.29, 0.717) is 32.0 Å². The Hall–Kier alpha value is -3.39. The zero-order valence-corrected chi connectivity index (χ0v) is 19.4. The van der Waals surface area contributed by atoms with Gasteiger partial charge in [0.2, 0.25) is 5.88 Å². The number of halogens is 1. The fourth-order valence-electron chi connectivity index (χ4n) is 3.39. The van der Waals surface area contributed by atoms with Crippen LogP contribution >= 0.6 is 0 Å². The number of aryl methyl sites for hydroxylation is 1. The summed E-state index contributed by atoms with van der Waals surface area (Å²) < 4.78 is 27.5. The summed E-state index contributed by atoms with van der Waals surface area (Å²) in [6.07, 6.45) is 1.45. The first-order valence-corrected chi connectivity index (χ1v) is 11.2. The van der Waals surface area contributed by atoms with Crippen molar-refractivity contribution in [2.75, 3.05) is 26.8 Å². The highest BCUT2D eigenvalue weighted by Crippen LogP contribution is 2.33. The number of aromatic nitrogens is 2. The molecular formula is C25H31FN4O3. The van der Waals surface area contributed by atoms with Gasteiger partial charge in [0.15, 0.2) is 11.6 Å². The minimum atomic E-state index is -0.473. The lowest BCUT2D eigenvalue weighted by Crippen LogP contribution is -2.41. The van der Waals surface area contributed by atoms with E-state index in [1.165, 1.54) is 6.07 Å². The maximum Gasteiger partial charge on any atom is 0.317 e. The second kappa shape index (κ2) is 12.0. The molecule has 1 N–H and O–H groups in total. The third kappa shape index (κ3) is 6.10. The molecule has 0 unspecified atom stereocenters. The van der Waals surface area contributed by atoms with Crippen molar-refractivity contribution < 1.29 is 18.7 Å². The molecule has 3 aromatic rings. The van der Waals surface area contributed by atoms with E-state index in [4.69, 9.17) is 14.6 Å². The maximum atomic E-state index is 14.5. The average molecular weight is 455 g/mol. The Labute approximate surface area is 194 Å². The summed E-state index contributed by atoms with van der Waals surface area (Å²) >= 11 is 0. The number of rotatable bonds is 11. The molecule has 1 heterocycles. The third-order valence-corrected chi connectivity index (χ3v) is 5.13. The molecule has 0 aliphatic carbocycles. The second-order valence-electron chi connectivity index (χ2n) is 7.51. The largest absolute Gasteiger partial charge is 0.435 e. The molecule has 0 atom stereocenters. The number of ether oxygens (including phenoxy) is 2. The van der Waals surface area contributed by atoms with Crippen LogP contribution in [-0.4, -0.2) is 47.5 Å². The van der Waals surface area contributed by atoms with Crippen molar-refractivity contribution in [2.45, 2.75) is 33.2 Å². The number of urea groups is 1. The van der Waals surface area contributed by atoms with E-state index in [1.807, 2.05) is 44.2 Å². The number of benzene rings is 2. The van der Waals surface area contributed by atoms with Crippen molar-refractivity contribution in [2.24, 2.45) is 0 Å². The molecule has 0 aliphatic rings. The van der Waals surface area contributed by atoms with Crippen molar-refractivity contribution >= 4 is 6.03 Å². The van der Waals surface area contributed by atoms with E-state index in [-0.39, 0.29) is 18.3 Å². The van der Waals surface area contributed by atoms with E-state index in [1.54, 1.807) is 34.9 Å². The van der Waals surface area contributed by atoms with E-state index >= 15 is 0 Å². The van der Waals surface area contributed by atoms with Gasteiger partial charge >= 0.3 is 6.03 Å². The van der Waals surface area contributed by atoms with Crippen LogP contribution in [0.1, 0.15) is 31.5 Å². The molecule has 0 saturated carbocycles. The van der Waals surface area contributed by atoms with Crippen LogP contribution in [0.2, 0.25) is 0 Å². The van der Waals surface area contributed by atoms with Gasteiger partial charge < -0.3 is 19.7 Å². The number of nitrogens with zero attached hydrogens (tertiary/aromatic N) is 3. The van der Waals surface area contributed by atoms with Gasteiger partial charge in [0.25, 0.3) is 0 Å². The Morgan fingerprint density at radius 1 is 1.12 bits per heavy atom. The van der Waals surface area contributed by atoms with Crippen LogP contribution < -0.4 is 10.1 Å². The lowest BCUT2D eigenvalue weighted by atomic mass is 10.2. The number of carbonyl (C=O) groups is 1. The van der Waals surface area contributed by atoms with Crippen LogP contribution in [0.5, 0.6) is 11.6 Å². The number of carbonyl (C=O) groups excluding carboxylic acids is 1. The molecule has 2 aromatic carbocycles. The van der Waals surface area contributed by atoms with E-state index in [9.17, 15) is 9.18 Å².